The average Bonchev–Trinajstić information content (AvgIpc) is 2.52. The monoisotopic (exact) mass is 287 g/mol. The van der Waals surface area contributed by atoms with Crippen LogP contribution >= 0.6 is 0 Å². The van der Waals surface area contributed by atoms with Gasteiger partial charge in [0.05, 0.1) is 12.7 Å². The summed E-state index contributed by atoms with van der Waals surface area (Å²) in [5.74, 6) is 0.810. The van der Waals surface area contributed by atoms with Gasteiger partial charge < -0.3 is 20.3 Å². The highest BCUT2D eigenvalue weighted by Crippen LogP contribution is 2.22. The van der Waals surface area contributed by atoms with Gasteiger partial charge in [0.1, 0.15) is 12.4 Å². The van der Waals surface area contributed by atoms with Gasteiger partial charge in [-0.05, 0) is 36.2 Å². The molecule has 0 saturated carbocycles. The molecule has 0 aliphatic heterocycles. The number of ether oxygens (including phenoxy) is 1. The van der Waals surface area contributed by atoms with Gasteiger partial charge >= 0.3 is 0 Å². The second kappa shape index (κ2) is 7.67. The van der Waals surface area contributed by atoms with Crippen molar-refractivity contribution in [1.29, 1.82) is 0 Å². The van der Waals surface area contributed by atoms with E-state index in [0.717, 1.165) is 22.6 Å². The maximum Gasteiger partial charge on any atom is 0.120 e. The van der Waals surface area contributed by atoms with Crippen LogP contribution < -0.4 is 10.1 Å². The van der Waals surface area contributed by atoms with Crippen molar-refractivity contribution in [3.63, 3.8) is 0 Å². The summed E-state index contributed by atoms with van der Waals surface area (Å²) in [4.78, 5) is 0. The van der Waals surface area contributed by atoms with Crippen LogP contribution in [-0.4, -0.2) is 29.5 Å². The molecule has 0 radical (unpaired) electrons. The van der Waals surface area contributed by atoms with Crippen molar-refractivity contribution in [2.45, 2.75) is 19.6 Å². The van der Waals surface area contributed by atoms with E-state index in [1.54, 1.807) is 0 Å². The Morgan fingerprint density at radius 1 is 1.14 bits per heavy atom. The van der Waals surface area contributed by atoms with E-state index in [2.05, 4.69) is 5.32 Å². The van der Waals surface area contributed by atoms with Gasteiger partial charge in [0.15, 0.2) is 0 Å². The summed E-state index contributed by atoms with van der Waals surface area (Å²) in [6, 6.07) is 15.8. The van der Waals surface area contributed by atoms with Crippen molar-refractivity contribution in [3.05, 3.63) is 59.7 Å². The summed E-state index contributed by atoms with van der Waals surface area (Å²) >= 11 is 0. The standard InChI is InChI=1S/C17H21NO3/c1-13-9-16(21-12-14-5-3-2-4-6-14)7-8-17(13)18-10-15(20)11-19/h2-9,15,18-20H,10-12H2,1H3. The number of nitrogens with one attached hydrogen (secondary N) is 1. The predicted molar refractivity (Wildman–Crippen MR) is 83.5 cm³/mol. The van der Waals surface area contributed by atoms with Crippen LogP contribution in [0.15, 0.2) is 48.5 Å². The van der Waals surface area contributed by atoms with Crippen molar-refractivity contribution in [2.24, 2.45) is 0 Å². The first-order valence-corrected chi connectivity index (χ1v) is 6.99. The van der Waals surface area contributed by atoms with E-state index in [0.29, 0.717) is 13.2 Å². The Morgan fingerprint density at radius 2 is 1.90 bits per heavy atom. The topological polar surface area (TPSA) is 61.7 Å². The Balaban J connectivity index is 1.92. The smallest absolute Gasteiger partial charge is 0.120 e. The lowest BCUT2D eigenvalue weighted by Gasteiger charge is -2.14. The van der Waals surface area contributed by atoms with Gasteiger partial charge in [-0.2, -0.15) is 0 Å². The molecule has 2 rings (SSSR count). The summed E-state index contributed by atoms with van der Waals surface area (Å²) in [5.41, 5.74) is 3.09. The Hall–Kier alpha value is -2.04. The first kappa shape index (κ1) is 15.4. The quantitative estimate of drug-likeness (QED) is 0.731. The van der Waals surface area contributed by atoms with E-state index < -0.39 is 6.10 Å². The number of rotatable bonds is 7. The van der Waals surface area contributed by atoms with Crippen molar-refractivity contribution in [2.75, 3.05) is 18.5 Å². The molecular formula is C17H21NO3. The van der Waals surface area contributed by atoms with Crippen LogP contribution in [0.1, 0.15) is 11.1 Å². The fourth-order valence-corrected chi connectivity index (χ4v) is 1.96. The SMILES string of the molecule is Cc1cc(OCc2ccccc2)ccc1NCC(O)CO. The molecule has 0 spiro atoms. The predicted octanol–water partition coefficient (Wildman–Crippen LogP) is 2.34. The Kier molecular flexibility index (Phi) is 5.60. The molecule has 4 nitrogen and oxygen atoms in total. The maximum atomic E-state index is 9.34. The first-order chi connectivity index (χ1) is 10.2. The molecule has 0 aromatic heterocycles. The highest BCUT2D eigenvalue weighted by molar-refractivity contribution is 5.53. The molecule has 4 heteroatoms. The van der Waals surface area contributed by atoms with Crippen LogP contribution in [0.5, 0.6) is 5.75 Å². The van der Waals surface area contributed by atoms with Crippen molar-refractivity contribution in [3.8, 4) is 5.75 Å². The third kappa shape index (κ3) is 4.77. The van der Waals surface area contributed by atoms with E-state index in [1.807, 2.05) is 55.5 Å². The summed E-state index contributed by atoms with van der Waals surface area (Å²) in [6.45, 7) is 2.59. The minimum absolute atomic E-state index is 0.246. The molecule has 0 saturated heterocycles. The van der Waals surface area contributed by atoms with Crippen LogP contribution in [0.2, 0.25) is 0 Å². The van der Waals surface area contributed by atoms with Crippen LogP contribution in [0.4, 0.5) is 5.69 Å². The lowest BCUT2D eigenvalue weighted by molar-refractivity contribution is 0.105. The molecule has 2 aromatic carbocycles. The molecule has 0 aliphatic carbocycles. The van der Waals surface area contributed by atoms with Gasteiger partial charge in [-0.3, -0.25) is 0 Å². The van der Waals surface area contributed by atoms with E-state index in [4.69, 9.17) is 9.84 Å². The second-order valence-electron chi connectivity index (χ2n) is 4.97. The highest BCUT2D eigenvalue weighted by Gasteiger charge is 2.04. The summed E-state index contributed by atoms with van der Waals surface area (Å²) in [6.07, 6.45) is -0.751. The zero-order valence-electron chi connectivity index (χ0n) is 12.1. The molecule has 21 heavy (non-hydrogen) atoms. The number of aliphatic hydroxyl groups excluding tert-OH is 2. The highest BCUT2D eigenvalue weighted by atomic mass is 16.5. The van der Waals surface area contributed by atoms with Gasteiger partial charge in [0.2, 0.25) is 0 Å². The van der Waals surface area contributed by atoms with Gasteiger partial charge in [-0.25, -0.2) is 0 Å². The van der Waals surface area contributed by atoms with Gasteiger partial charge in [-0.15, -0.1) is 0 Å². The number of aliphatic hydroxyl groups is 2. The molecule has 0 fully saturated rings. The Morgan fingerprint density at radius 3 is 2.57 bits per heavy atom. The number of hydrogen-bond acceptors (Lipinski definition) is 4. The van der Waals surface area contributed by atoms with E-state index in [9.17, 15) is 5.11 Å². The van der Waals surface area contributed by atoms with Crippen molar-refractivity contribution in [1.82, 2.24) is 0 Å². The van der Waals surface area contributed by atoms with Crippen LogP contribution in [0.25, 0.3) is 0 Å². The molecule has 0 heterocycles. The molecule has 1 unspecified atom stereocenters. The second-order valence-corrected chi connectivity index (χ2v) is 4.97. The number of aryl methyl sites for hydroxylation is 1. The Bertz CT molecular complexity index is 557. The van der Waals surface area contributed by atoms with Crippen LogP contribution in [0.3, 0.4) is 0 Å². The van der Waals surface area contributed by atoms with E-state index >= 15 is 0 Å². The molecule has 0 amide bonds. The lowest BCUT2D eigenvalue weighted by atomic mass is 10.2. The fourth-order valence-electron chi connectivity index (χ4n) is 1.96. The van der Waals surface area contributed by atoms with Crippen LogP contribution in [0, 0.1) is 6.92 Å². The van der Waals surface area contributed by atoms with Crippen molar-refractivity contribution < 1.29 is 14.9 Å². The molecule has 0 bridgehead atoms. The molecule has 3 N–H and O–H groups in total. The first-order valence-electron chi connectivity index (χ1n) is 6.99. The number of benzene rings is 2. The minimum Gasteiger partial charge on any atom is -0.489 e. The van der Waals surface area contributed by atoms with E-state index in [-0.39, 0.29) is 6.61 Å². The minimum atomic E-state index is -0.751. The molecular weight excluding hydrogens is 266 g/mol. The summed E-state index contributed by atoms with van der Waals surface area (Å²) in [5, 5.41) is 21.2. The normalized spacial score (nSPS) is 12.0. The molecule has 112 valence electrons. The zero-order valence-corrected chi connectivity index (χ0v) is 12.1. The fraction of sp³-hybridized carbons (Fsp3) is 0.294. The Labute approximate surface area is 125 Å². The summed E-state index contributed by atoms with van der Waals surface area (Å²) in [7, 11) is 0. The van der Waals surface area contributed by atoms with Gasteiger partial charge in [-0.1, -0.05) is 30.3 Å². The number of anilines is 1. The maximum absolute atomic E-state index is 9.34. The van der Waals surface area contributed by atoms with Gasteiger partial charge in [0.25, 0.3) is 0 Å². The third-order valence-corrected chi connectivity index (χ3v) is 3.19. The van der Waals surface area contributed by atoms with Crippen molar-refractivity contribution >= 4 is 5.69 Å². The number of hydrogen-bond donors (Lipinski definition) is 3. The van der Waals surface area contributed by atoms with Gasteiger partial charge in [0, 0.05) is 12.2 Å². The van der Waals surface area contributed by atoms with E-state index in [1.165, 1.54) is 0 Å². The lowest BCUT2D eigenvalue weighted by Crippen LogP contribution is -2.23. The third-order valence-electron chi connectivity index (χ3n) is 3.19. The van der Waals surface area contributed by atoms with Crippen LogP contribution in [-0.2, 0) is 6.61 Å². The molecule has 1 atom stereocenters. The largest absolute Gasteiger partial charge is 0.489 e. The molecule has 0 aliphatic rings. The zero-order chi connectivity index (χ0) is 15.1. The summed E-state index contributed by atoms with van der Waals surface area (Å²) < 4.78 is 5.76. The molecule has 2 aromatic rings. The average molecular weight is 287 g/mol.